The van der Waals surface area contributed by atoms with Gasteiger partial charge < -0.3 is 19.6 Å². The van der Waals surface area contributed by atoms with Crippen molar-refractivity contribution < 1.29 is 23.8 Å². The first-order valence-electron chi connectivity index (χ1n) is 14.4. The number of benzene rings is 3. The zero-order valence-corrected chi connectivity index (χ0v) is 24.1. The van der Waals surface area contributed by atoms with Crippen LogP contribution in [0.1, 0.15) is 79.3 Å². The quantitative estimate of drug-likeness (QED) is 0.164. The Labute approximate surface area is 242 Å². The number of unbranched alkanes of at least 4 members (excludes halogenated alkanes) is 1. The van der Waals surface area contributed by atoms with Gasteiger partial charge in [-0.3, -0.25) is 4.79 Å². The summed E-state index contributed by atoms with van der Waals surface area (Å²) >= 11 is 0. The lowest BCUT2D eigenvalue weighted by Gasteiger charge is -2.19. The summed E-state index contributed by atoms with van der Waals surface area (Å²) in [6, 6.07) is 26.5. The molecule has 1 amide bonds. The van der Waals surface area contributed by atoms with Crippen LogP contribution in [0.3, 0.4) is 0 Å². The summed E-state index contributed by atoms with van der Waals surface area (Å²) in [5.74, 6) is 0.171. The normalized spacial score (nSPS) is 12.6. The second-order valence-corrected chi connectivity index (χ2v) is 10.4. The van der Waals surface area contributed by atoms with Gasteiger partial charge in [-0.25, -0.2) is 4.79 Å². The van der Waals surface area contributed by atoms with Crippen molar-refractivity contribution in [3.8, 4) is 22.5 Å². The first-order valence-corrected chi connectivity index (χ1v) is 14.4. The molecule has 0 aliphatic carbocycles. The molecule has 4 aromatic rings. The third-order valence-electron chi connectivity index (χ3n) is 7.22. The van der Waals surface area contributed by atoms with Crippen molar-refractivity contribution >= 4 is 11.9 Å². The van der Waals surface area contributed by atoms with Gasteiger partial charge in [-0.05, 0) is 66.3 Å². The van der Waals surface area contributed by atoms with Crippen LogP contribution in [0, 0.1) is 6.92 Å². The fourth-order valence-corrected chi connectivity index (χ4v) is 4.94. The number of amides is 1. The van der Waals surface area contributed by atoms with Gasteiger partial charge >= 0.3 is 5.97 Å². The summed E-state index contributed by atoms with van der Waals surface area (Å²) in [6.45, 7) is 6.39. The van der Waals surface area contributed by atoms with E-state index in [1.54, 1.807) is 6.07 Å². The van der Waals surface area contributed by atoms with Crippen LogP contribution in [0.2, 0.25) is 0 Å². The summed E-state index contributed by atoms with van der Waals surface area (Å²) in [7, 11) is 0. The van der Waals surface area contributed by atoms with Crippen molar-refractivity contribution in [2.45, 2.75) is 71.6 Å². The molecule has 0 saturated carbocycles. The fraction of sp³-hybridized carbons (Fsp3) is 0.314. The molecule has 6 heteroatoms. The summed E-state index contributed by atoms with van der Waals surface area (Å²) in [4.78, 5) is 25.0. The van der Waals surface area contributed by atoms with Crippen LogP contribution in [-0.4, -0.2) is 23.0 Å². The van der Waals surface area contributed by atoms with Crippen molar-refractivity contribution in [3.63, 3.8) is 0 Å². The Morgan fingerprint density at radius 2 is 1.63 bits per heavy atom. The Morgan fingerprint density at radius 3 is 2.34 bits per heavy atom. The van der Waals surface area contributed by atoms with Crippen molar-refractivity contribution in [2.75, 3.05) is 0 Å². The molecule has 0 aliphatic rings. The van der Waals surface area contributed by atoms with Crippen LogP contribution in [-0.2, 0) is 16.1 Å². The smallest absolute Gasteiger partial charge is 0.326 e. The Bertz CT molecular complexity index is 1440. The molecule has 0 fully saturated rings. The number of carboxylic acids is 1. The number of hydrogen-bond acceptors (Lipinski definition) is 4. The van der Waals surface area contributed by atoms with E-state index in [9.17, 15) is 14.7 Å². The topological polar surface area (TPSA) is 88.8 Å². The van der Waals surface area contributed by atoms with E-state index < -0.39 is 17.9 Å². The van der Waals surface area contributed by atoms with Gasteiger partial charge in [-0.15, -0.1) is 0 Å². The third kappa shape index (κ3) is 7.74. The lowest BCUT2D eigenvalue weighted by atomic mass is 9.93. The van der Waals surface area contributed by atoms with Gasteiger partial charge in [0.15, 0.2) is 0 Å². The predicted octanol–water partition coefficient (Wildman–Crippen LogP) is 8.35. The molecular formula is C35H39NO5. The zero-order valence-electron chi connectivity index (χ0n) is 24.1. The first-order chi connectivity index (χ1) is 19.9. The van der Waals surface area contributed by atoms with E-state index in [-0.39, 0.29) is 6.10 Å². The van der Waals surface area contributed by atoms with Gasteiger partial charge in [-0.2, -0.15) is 0 Å². The Balaban J connectivity index is 1.60. The molecule has 0 bridgehead atoms. The molecule has 0 aliphatic heterocycles. The molecule has 0 unspecified atom stereocenters. The molecule has 6 nitrogen and oxygen atoms in total. The van der Waals surface area contributed by atoms with Gasteiger partial charge in [0, 0.05) is 11.1 Å². The second-order valence-electron chi connectivity index (χ2n) is 10.4. The molecule has 214 valence electrons. The number of hydrogen-bond donors (Lipinski definition) is 2. The van der Waals surface area contributed by atoms with E-state index >= 15 is 0 Å². The van der Waals surface area contributed by atoms with Crippen LogP contribution in [0.4, 0.5) is 0 Å². The number of ether oxygens (including phenoxy) is 1. The molecule has 0 saturated heterocycles. The van der Waals surface area contributed by atoms with E-state index in [2.05, 4.69) is 12.2 Å². The molecule has 3 aromatic carbocycles. The lowest BCUT2D eigenvalue weighted by molar-refractivity contribution is -0.139. The minimum atomic E-state index is -1.03. The highest BCUT2D eigenvalue weighted by Gasteiger charge is 2.23. The van der Waals surface area contributed by atoms with Crippen LogP contribution < -0.4 is 5.32 Å². The van der Waals surface area contributed by atoms with Crippen molar-refractivity contribution in [2.24, 2.45) is 0 Å². The highest BCUT2D eigenvalue weighted by molar-refractivity contribution is 6.02. The zero-order chi connectivity index (χ0) is 29.2. The van der Waals surface area contributed by atoms with E-state index in [4.69, 9.17) is 9.15 Å². The van der Waals surface area contributed by atoms with Crippen molar-refractivity contribution in [1.82, 2.24) is 5.32 Å². The molecular weight excluding hydrogens is 514 g/mol. The summed E-state index contributed by atoms with van der Waals surface area (Å²) in [6.07, 6.45) is 3.69. The molecule has 4 rings (SSSR count). The van der Waals surface area contributed by atoms with E-state index in [1.807, 2.05) is 92.7 Å². The van der Waals surface area contributed by atoms with Crippen LogP contribution >= 0.6 is 0 Å². The lowest BCUT2D eigenvalue weighted by Crippen LogP contribution is -2.40. The molecule has 1 aromatic heterocycles. The maximum atomic E-state index is 13.3. The van der Waals surface area contributed by atoms with Gasteiger partial charge in [0.2, 0.25) is 0 Å². The predicted molar refractivity (Wildman–Crippen MR) is 162 cm³/mol. The van der Waals surface area contributed by atoms with Gasteiger partial charge in [0.05, 0.1) is 6.61 Å². The summed E-state index contributed by atoms with van der Waals surface area (Å²) < 4.78 is 12.7. The monoisotopic (exact) mass is 553 g/mol. The number of carbonyl (C=O) groups excluding carboxylic acids is 1. The van der Waals surface area contributed by atoms with Crippen molar-refractivity contribution in [1.29, 1.82) is 0 Å². The Hall–Kier alpha value is -4.16. The van der Waals surface area contributed by atoms with E-state index in [0.717, 1.165) is 58.6 Å². The van der Waals surface area contributed by atoms with Crippen LogP contribution in [0.25, 0.3) is 22.5 Å². The molecule has 0 spiro atoms. The Morgan fingerprint density at radius 1 is 0.878 bits per heavy atom. The number of rotatable bonds is 14. The summed E-state index contributed by atoms with van der Waals surface area (Å²) in [5.41, 5.74) is 5.06. The Kier molecular flexibility index (Phi) is 10.5. The number of carboxylic acid groups (broad SMARTS) is 1. The maximum Gasteiger partial charge on any atom is 0.326 e. The largest absolute Gasteiger partial charge is 0.480 e. The van der Waals surface area contributed by atoms with Gasteiger partial charge in [-0.1, -0.05) is 93.8 Å². The SMILES string of the molecule is CCCC[C@H](OCc1ccc(C(=O)N[C@@H](CCC)C(=O)O)c(-c2ccccc2C)c1)c1ccc(-c2ccccc2)o1. The van der Waals surface area contributed by atoms with E-state index in [0.29, 0.717) is 25.0 Å². The average Bonchev–Trinajstić information content (AvgIpc) is 3.48. The highest BCUT2D eigenvalue weighted by atomic mass is 16.5. The fourth-order valence-electron chi connectivity index (χ4n) is 4.94. The molecule has 0 radical (unpaired) electrons. The number of nitrogens with one attached hydrogen (secondary N) is 1. The van der Waals surface area contributed by atoms with Crippen LogP contribution in [0.5, 0.6) is 0 Å². The number of furan rings is 1. The third-order valence-corrected chi connectivity index (χ3v) is 7.22. The molecule has 1 heterocycles. The van der Waals surface area contributed by atoms with Crippen molar-refractivity contribution in [3.05, 3.63) is 107 Å². The second kappa shape index (κ2) is 14.5. The average molecular weight is 554 g/mol. The molecule has 41 heavy (non-hydrogen) atoms. The van der Waals surface area contributed by atoms with Gasteiger partial charge in [0.1, 0.15) is 23.7 Å². The number of carbonyl (C=O) groups is 2. The van der Waals surface area contributed by atoms with Gasteiger partial charge in [0.25, 0.3) is 5.91 Å². The first kappa shape index (κ1) is 29.8. The van der Waals surface area contributed by atoms with Crippen LogP contribution in [0.15, 0.2) is 89.3 Å². The molecule has 2 N–H and O–H groups in total. The highest BCUT2D eigenvalue weighted by Crippen LogP contribution is 2.32. The minimum Gasteiger partial charge on any atom is -0.480 e. The standard InChI is InChI=1S/C35H39NO5/c1-4-6-17-32(33-21-20-31(41-33)26-14-8-7-9-15-26)40-23-25-18-19-28(34(37)36-30(12-5-2)35(38)39)29(22-25)27-16-11-10-13-24(27)3/h7-11,13-16,18-22,30,32H,4-6,12,17,23H2,1-3H3,(H,36,37)(H,38,39)/t30-,32-/m0/s1. The summed E-state index contributed by atoms with van der Waals surface area (Å²) in [5, 5.41) is 12.3. The maximum absolute atomic E-state index is 13.3. The molecule has 2 atom stereocenters. The van der Waals surface area contributed by atoms with E-state index in [1.165, 1.54) is 0 Å². The number of aryl methyl sites for hydroxylation is 1. The minimum absolute atomic E-state index is 0.206. The number of aliphatic carboxylic acids is 1.